The fourth-order valence-corrected chi connectivity index (χ4v) is 2.57. The van der Waals surface area contributed by atoms with Crippen LogP contribution in [0.2, 0.25) is 0 Å². The molecule has 2 atom stereocenters. The van der Waals surface area contributed by atoms with Gasteiger partial charge in [0.1, 0.15) is 0 Å². The van der Waals surface area contributed by atoms with E-state index in [4.69, 9.17) is 5.73 Å². The molecule has 0 aromatic carbocycles. The van der Waals surface area contributed by atoms with Crippen LogP contribution in [-0.2, 0) is 6.54 Å². The molecule has 1 aromatic rings. The highest BCUT2D eigenvalue weighted by molar-refractivity contribution is 9.10. The van der Waals surface area contributed by atoms with Crippen LogP contribution in [0.3, 0.4) is 0 Å². The van der Waals surface area contributed by atoms with Crippen LogP contribution < -0.4 is 5.73 Å². The molecule has 1 aromatic heterocycles. The van der Waals surface area contributed by atoms with Gasteiger partial charge in [-0.05, 0) is 40.1 Å². The summed E-state index contributed by atoms with van der Waals surface area (Å²) in [6.07, 6.45) is 3.91. The summed E-state index contributed by atoms with van der Waals surface area (Å²) in [5.74, 6) is 0.573. The second kappa shape index (κ2) is 6.20. The number of aromatic nitrogens is 2. The third-order valence-electron chi connectivity index (χ3n) is 3.71. The summed E-state index contributed by atoms with van der Waals surface area (Å²) in [7, 11) is 0. The van der Waals surface area contributed by atoms with Gasteiger partial charge in [-0.1, -0.05) is 34.6 Å². The van der Waals surface area contributed by atoms with E-state index in [0.717, 1.165) is 29.6 Å². The van der Waals surface area contributed by atoms with Gasteiger partial charge in [-0.3, -0.25) is 4.68 Å². The van der Waals surface area contributed by atoms with Crippen molar-refractivity contribution in [2.24, 2.45) is 17.1 Å². The minimum Gasteiger partial charge on any atom is -0.323 e. The van der Waals surface area contributed by atoms with Crippen LogP contribution in [-0.4, -0.2) is 9.78 Å². The Labute approximate surface area is 119 Å². The van der Waals surface area contributed by atoms with E-state index in [1.165, 1.54) is 0 Å². The second-order valence-corrected chi connectivity index (χ2v) is 7.06. The van der Waals surface area contributed by atoms with Crippen molar-refractivity contribution >= 4 is 15.9 Å². The summed E-state index contributed by atoms with van der Waals surface area (Å²) < 4.78 is 3.06. The molecule has 4 heteroatoms. The average molecular weight is 316 g/mol. The van der Waals surface area contributed by atoms with Crippen molar-refractivity contribution in [3.63, 3.8) is 0 Å². The molecule has 0 bridgehead atoms. The fourth-order valence-electron chi connectivity index (χ4n) is 1.98. The fraction of sp³-hybridized carbons (Fsp3) is 0.786. The zero-order valence-electron chi connectivity index (χ0n) is 12.2. The van der Waals surface area contributed by atoms with E-state index in [2.05, 4.69) is 55.6 Å². The van der Waals surface area contributed by atoms with Crippen molar-refractivity contribution in [3.05, 3.63) is 16.4 Å². The second-order valence-electron chi connectivity index (χ2n) is 6.21. The van der Waals surface area contributed by atoms with Crippen LogP contribution in [0, 0.1) is 11.3 Å². The lowest BCUT2D eigenvalue weighted by molar-refractivity contribution is 0.231. The average Bonchev–Trinajstić information content (AvgIpc) is 2.59. The summed E-state index contributed by atoms with van der Waals surface area (Å²) >= 11 is 3.56. The van der Waals surface area contributed by atoms with Crippen LogP contribution in [0.25, 0.3) is 0 Å². The molecule has 1 heterocycles. The maximum absolute atomic E-state index is 6.38. The van der Waals surface area contributed by atoms with Crippen molar-refractivity contribution in [1.82, 2.24) is 9.78 Å². The van der Waals surface area contributed by atoms with Gasteiger partial charge < -0.3 is 5.73 Å². The minimum absolute atomic E-state index is 0.0441. The van der Waals surface area contributed by atoms with E-state index in [-0.39, 0.29) is 6.04 Å². The molecule has 18 heavy (non-hydrogen) atoms. The number of hydrogen-bond acceptors (Lipinski definition) is 2. The quantitative estimate of drug-likeness (QED) is 0.887. The maximum Gasteiger partial charge on any atom is 0.0693 e. The number of rotatable bonds is 5. The van der Waals surface area contributed by atoms with E-state index >= 15 is 0 Å². The van der Waals surface area contributed by atoms with Crippen LogP contribution in [0.4, 0.5) is 0 Å². The molecule has 2 N–H and O–H groups in total. The van der Waals surface area contributed by atoms with E-state index in [0.29, 0.717) is 11.3 Å². The molecular formula is C14H26BrN3. The van der Waals surface area contributed by atoms with Gasteiger partial charge in [0.15, 0.2) is 0 Å². The molecule has 0 saturated heterocycles. The number of hydrogen-bond donors (Lipinski definition) is 1. The summed E-state index contributed by atoms with van der Waals surface area (Å²) in [6, 6.07) is 0.0441. The van der Waals surface area contributed by atoms with Gasteiger partial charge in [-0.15, -0.1) is 0 Å². The van der Waals surface area contributed by atoms with Crippen molar-refractivity contribution in [3.8, 4) is 0 Å². The molecule has 0 aliphatic rings. The highest BCUT2D eigenvalue weighted by Gasteiger charge is 2.25. The largest absolute Gasteiger partial charge is 0.323 e. The molecule has 2 unspecified atom stereocenters. The summed E-state index contributed by atoms with van der Waals surface area (Å²) in [4.78, 5) is 0. The van der Waals surface area contributed by atoms with E-state index in [1.54, 1.807) is 0 Å². The molecule has 0 aliphatic heterocycles. The predicted molar refractivity (Wildman–Crippen MR) is 80.4 cm³/mol. The van der Waals surface area contributed by atoms with E-state index in [1.807, 2.05) is 10.9 Å². The Hall–Kier alpha value is -0.350. The Kier molecular flexibility index (Phi) is 5.41. The minimum atomic E-state index is 0.0441. The van der Waals surface area contributed by atoms with Gasteiger partial charge in [0.25, 0.3) is 0 Å². The highest BCUT2D eigenvalue weighted by atomic mass is 79.9. The zero-order valence-corrected chi connectivity index (χ0v) is 13.8. The van der Waals surface area contributed by atoms with Gasteiger partial charge in [0.05, 0.1) is 16.4 Å². The van der Waals surface area contributed by atoms with E-state index < -0.39 is 0 Å². The number of nitrogens with two attached hydrogens (primary N) is 1. The SMILES string of the molecule is CCCn1ncc(Br)c1C(N)CC(C)C(C)(C)C. The normalized spacial score (nSPS) is 15.7. The first-order valence-electron chi connectivity index (χ1n) is 6.74. The van der Waals surface area contributed by atoms with Gasteiger partial charge in [0.2, 0.25) is 0 Å². The lowest BCUT2D eigenvalue weighted by Crippen LogP contribution is -2.25. The van der Waals surface area contributed by atoms with Crippen molar-refractivity contribution in [1.29, 1.82) is 0 Å². The third-order valence-corrected chi connectivity index (χ3v) is 4.32. The van der Waals surface area contributed by atoms with Crippen molar-refractivity contribution in [2.75, 3.05) is 0 Å². The van der Waals surface area contributed by atoms with Crippen LogP contribution >= 0.6 is 15.9 Å². The van der Waals surface area contributed by atoms with Crippen molar-refractivity contribution < 1.29 is 0 Å². The smallest absolute Gasteiger partial charge is 0.0693 e. The summed E-state index contributed by atoms with van der Waals surface area (Å²) in [5, 5.41) is 4.39. The van der Waals surface area contributed by atoms with Crippen LogP contribution in [0.5, 0.6) is 0 Å². The van der Waals surface area contributed by atoms with Crippen LogP contribution in [0.15, 0.2) is 10.7 Å². The Bertz CT molecular complexity index is 379. The van der Waals surface area contributed by atoms with E-state index in [9.17, 15) is 0 Å². The molecular weight excluding hydrogens is 290 g/mol. The summed E-state index contributed by atoms with van der Waals surface area (Å²) in [5.41, 5.74) is 7.80. The molecule has 0 fully saturated rings. The standard InChI is InChI=1S/C14H26BrN3/c1-6-7-18-13(11(15)9-17-18)12(16)8-10(2)14(3,4)5/h9-10,12H,6-8,16H2,1-5H3. The number of aryl methyl sites for hydroxylation is 1. The highest BCUT2D eigenvalue weighted by Crippen LogP contribution is 2.34. The predicted octanol–water partition coefficient (Wildman–Crippen LogP) is 4.13. The first-order valence-corrected chi connectivity index (χ1v) is 7.53. The van der Waals surface area contributed by atoms with Gasteiger partial charge in [-0.25, -0.2) is 0 Å². The molecule has 1 rings (SSSR count). The lowest BCUT2D eigenvalue weighted by atomic mass is 9.78. The first kappa shape index (κ1) is 15.7. The van der Waals surface area contributed by atoms with Crippen LogP contribution in [0.1, 0.15) is 59.2 Å². The molecule has 0 aliphatic carbocycles. The Morgan fingerprint density at radius 2 is 2.06 bits per heavy atom. The molecule has 0 radical (unpaired) electrons. The van der Waals surface area contributed by atoms with Gasteiger partial charge in [-0.2, -0.15) is 5.10 Å². The number of halogens is 1. The lowest BCUT2D eigenvalue weighted by Gasteiger charge is -2.29. The topological polar surface area (TPSA) is 43.8 Å². The Morgan fingerprint density at radius 1 is 1.44 bits per heavy atom. The monoisotopic (exact) mass is 315 g/mol. The Balaban J connectivity index is 2.83. The van der Waals surface area contributed by atoms with Gasteiger partial charge in [0, 0.05) is 12.6 Å². The maximum atomic E-state index is 6.38. The third kappa shape index (κ3) is 3.82. The zero-order chi connectivity index (χ0) is 13.9. The molecule has 3 nitrogen and oxygen atoms in total. The van der Waals surface area contributed by atoms with Gasteiger partial charge >= 0.3 is 0 Å². The Morgan fingerprint density at radius 3 is 2.56 bits per heavy atom. The first-order chi connectivity index (χ1) is 8.27. The molecule has 0 saturated carbocycles. The van der Waals surface area contributed by atoms with Crippen molar-refractivity contribution in [2.45, 2.75) is 60.0 Å². The molecule has 0 amide bonds. The molecule has 104 valence electrons. The number of nitrogens with zero attached hydrogens (tertiary/aromatic N) is 2. The molecule has 0 spiro atoms. The summed E-state index contributed by atoms with van der Waals surface area (Å²) in [6.45, 7) is 12.2.